The zero-order valence-corrected chi connectivity index (χ0v) is 21.0. The molecule has 1 saturated heterocycles. The van der Waals surface area contributed by atoms with Gasteiger partial charge in [-0.15, -0.1) is 0 Å². The summed E-state index contributed by atoms with van der Waals surface area (Å²) < 4.78 is 8.69. The number of imidazole rings is 1. The average Bonchev–Trinajstić information content (AvgIpc) is 3.02. The second kappa shape index (κ2) is 9.45. The van der Waals surface area contributed by atoms with Crippen molar-refractivity contribution < 1.29 is 9.53 Å². The third kappa shape index (κ3) is 5.16. The van der Waals surface area contributed by atoms with Gasteiger partial charge in [0.05, 0.1) is 23.9 Å². The Morgan fingerprint density at radius 3 is 2.77 bits per heavy atom. The van der Waals surface area contributed by atoms with Gasteiger partial charge in [0.2, 0.25) is 0 Å². The van der Waals surface area contributed by atoms with E-state index in [0.29, 0.717) is 17.8 Å². The second-order valence-corrected chi connectivity index (χ2v) is 10.1. The van der Waals surface area contributed by atoms with E-state index in [1.54, 1.807) is 22.2 Å². The van der Waals surface area contributed by atoms with E-state index in [1.165, 1.54) is 0 Å². The van der Waals surface area contributed by atoms with Crippen molar-refractivity contribution in [1.29, 1.82) is 5.26 Å². The smallest absolute Gasteiger partial charge is 0.407 e. The number of hydrogen-bond donors (Lipinski definition) is 1. The molecule has 0 radical (unpaired) electrons. The lowest BCUT2D eigenvalue weighted by atomic mass is 10.0. The number of ether oxygens (including phenoxy) is 1. The van der Waals surface area contributed by atoms with Crippen molar-refractivity contribution in [1.82, 2.24) is 19.4 Å². The van der Waals surface area contributed by atoms with Gasteiger partial charge in [-0.05, 0) is 58.2 Å². The van der Waals surface area contributed by atoms with Crippen LogP contribution in [0, 0.1) is 18.3 Å². The Hall–Kier alpha value is -3.80. The molecule has 9 nitrogen and oxygen atoms in total. The first-order chi connectivity index (χ1) is 16.6. The molecule has 9 heteroatoms. The number of nitrogens with zero attached hydrogens (tertiary/aromatic N) is 5. The fourth-order valence-electron chi connectivity index (χ4n) is 4.61. The number of alkyl carbamates (subject to hydrolysis) is 1. The maximum Gasteiger partial charge on any atom is 0.407 e. The quantitative estimate of drug-likeness (QED) is 0.618. The highest BCUT2D eigenvalue weighted by Crippen LogP contribution is 2.29. The van der Waals surface area contributed by atoms with Gasteiger partial charge in [-0.1, -0.05) is 18.2 Å². The van der Waals surface area contributed by atoms with Gasteiger partial charge in [-0.3, -0.25) is 9.13 Å². The van der Waals surface area contributed by atoms with Crippen molar-refractivity contribution in [3.8, 4) is 6.07 Å². The molecule has 35 heavy (non-hydrogen) atoms. The van der Waals surface area contributed by atoms with Crippen LogP contribution in [0.3, 0.4) is 0 Å². The van der Waals surface area contributed by atoms with Gasteiger partial charge in [0, 0.05) is 31.9 Å². The zero-order chi connectivity index (χ0) is 25.3. The molecule has 0 spiro atoms. The lowest BCUT2D eigenvalue weighted by Gasteiger charge is -2.35. The number of pyridine rings is 1. The molecule has 3 heterocycles. The van der Waals surface area contributed by atoms with Gasteiger partial charge in [0.1, 0.15) is 11.1 Å². The van der Waals surface area contributed by atoms with Crippen molar-refractivity contribution in [2.45, 2.75) is 58.7 Å². The first-order valence-electron chi connectivity index (χ1n) is 11.9. The molecular weight excluding hydrogens is 444 g/mol. The Morgan fingerprint density at radius 1 is 1.31 bits per heavy atom. The molecule has 0 unspecified atom stereocenters. The van der Waals surface area contributed by atoms with Crippen LogP contribution in [0.2, 0.25) is 0 Å². The molecule has 1 atom stereocenters. The van der Waals surface area contributed by atoms with Crippen molar-refractivity contribution in [3.63, 3.8) is 0 Å². The summed E-state index contributed by atoms with van der Waals surface area (Å²) in [5.41, 5.74) is 3.60. The normalized spacial score (nSPS) is 16.2. The third-order valence-corrected chi connectivity index (χ3v) is 6.14. The number of aryl methyl sites for hydroxylation is 2. The van der Waals surface area contributed by atoms with Crippen LogP contribution in [-0.2, 0) is 18.3 Å². The number of amides is 1. The number of nitriles is 1. The van der Waals surface area contributed by atoms with Crippen LogP contribution in [-0.4, -0.2) is 44.9 Å². The standard InChI is InChI=1S/C26H32N6O3/c1-17-13-21(31-12-8-11-20(16-31)29-24(33)35-26(2,3)4)22-23(28-17)30(5)25(34)32(22)15-19-10-7-6-9-18(19)14-27/h6-7,9-10,13,20H,8,11-12,15-16H2,1-5H3,(H,29,33)/t20-/m1/s1. The number of carbonyl (C=O) groups is 1. The van der Waals surface area contributed by atoms with Crippen molar-refractivity contribution >= 4 is 22.9 Å². The third-order valence-electron chi connectivity index (χ3n) is 6.14. The van der Waals surface area contributed by atoms with Gasteiger partial charge in [-0.25, -0.2) is 14.6 Å². The number of anilines is 1. The Morgan fingerprint density at radius 2 is 2.06 bits per heavy atom. The second-order valence-electron chi connectivity index (χ2n) is 10.1. The van der Waals surface area contributed by atoms with Crippen molar-refractivity contribution in [2.75, 3.05) is 18.0 Å². The summed E-state index contributed by atoms with van der Waals surface area (Å²) in [6, 6.07) is 11.4. The van der Waals surface area contributed by atoms with E-state index in [2.05, 4.69) is 21.3 Å². The number of rotatable bonds is 4. The van der Waals surface area contributed by atoms with Crippen LogP contribution in [0.4, 0.5) is 10.5 Å². The number of piperidine rings is 1. The van der Waals surface area contributed by atoms with E-state index in [4.69, 9.17) is 4.74 Å². The summed E-state index contributed by atoms with van der Waals surface area (Å²) in [6.45, 7) is 9.10. The minimum Gasteiger partial charge on any atom is -0.444 e. The van der Waals surface area contributed by atoms with Crippen LogP contribution in [0.15, 0.2) is 35.1 Å². The SMILES string of the molecule is Cc1cc(N2CCC[C@@H](NC(=O)OC(C)(C)C)C2)c2c(n1)n(C)c(=O)n2Cc1ccccc1C#N. The topological polar surface area (TPSA) is 105 Å². The Labute approximate surface area is 204 Å². The van der Waals surface area contributed by atoms with E-state index >= 15 is 0 Å². The van der Waals surface area contributed by atoms with Crippen LogP contribution >= 0.6 is 0 Å². The van der Waals surface area contributed by atoms with Crippen LogP contribution < -0.4 is 15.9 Å². The minimum atomic E-state index is -0.563. The van der Waals surface area contributed by atoms with Gasteiger partial charge < -0.3 is 15.0 Å². The predicted octanol–water partition coefficient (Wildman–Crippen LogP) is 3.46. The van der Waals surface area contributed by atoms with Crippen LogP contribution in [0.5, 0.6) is 0 Å². The molecule has 3 aromatic rings. The molecule has 184 valence electrons. The molecule has 1 aliphatic heterocycles. The first kappa shape index (κ1) is 24.3. The number of carbonyl (C=O) groups excluding carboxylic acids is 1. The molecule has 0 bridgehead atoms. The Bertz CT molecular complexity index is 1360. The summed E-state index contributed by atoms with van der Waals surface area (Å²) in [4.78, 5) is 32.5. The lowest BCUT2D eigenvalue weighted by molar-refractivity contribution is 0.0500. The van der Waals surface area contributed by atoms with Gasteiger partial charge in [0.15, 0.2) is 5.65 Å². The molecular formula is C26H32N6O3. The molecule has 1 aliphatic rings. The summed E-state index contributed by atoms with van der Waals surface area (Å²) in [5, 5.41) is 12.5. The van der Waals surface area contributed by atoms with E-state index in [1.807, 2.05) is 52.0 Å². The van der Waals surface area contributed by atoms with Crippen LogP contribution in [0.1, 0.15) is 50.4 Å². The highest BCUT2D eigenvalue weighted by atomic mass is 16.6. The average molecular weight is 477 g/mol. The van der Waals surface area contributed by atoms with E-state index < -0.39 is 11.7 Å². The maximum absolute atomic E-state index is 13.3. The van der Waals surface area contributed by atoms with Gasteiger partial charge in [0.25, 0.3) is 0 Å². The maximum atomic E-state index is 13.3. The summed E-state index contributed by atoms with van der Waals surface area (Å²) in [7, 11) is 1.72. The number of benzene rings is 1. The van der Waals surface area contributed by atoms with E-state index in [0.717, 1.165) is 41.8 Å². The van der Waals surface area contributed by atoms with E-state index in [9.17, 15) is 14.9 Å². The molecule has 0 saturated carbocycles. The fraction of sp³-hybridized carbons (Fsp3) is 0.462. The largest absolute Gasteiger partial charge is 0.444 e. The Balaban J connectivity index is 1.72. The number of aromatic nitrogens is 3. The summed E-state index contributed by atoms with van der Waals surface area (Å²) in [5.74, 6) is 0. The fourth-order valence-corrected chi connectivity index (χ4v) is 4.61. The van der Waals surface area contributed by atoms with Gasteiger partial charge >= 0.3 is 11.8 Å². The minimum absolute atomic E-state index is 0.0784. The number of fused-ring (bicyclic) bond motifs is 1. The monoisotopic (exact) mass is 476 g/mol. The van der Waals surface area contributed by atoms with Crippen molar-refractivity contribution in [3.05, 3.63) is 57.6 Å². The van der Waals surface area contributed by atoms with Crippen molar-refractivity contribution in [2.24, 2.45) is 7.05 Å². The summed E-state index contributed by atoms with van der Waals surface area (Å²) in [6.07, 6.45) is 1.31. The summed E-state index contributed by atoms with van der Waals surface area (Å²) >= 11 is 0. The molecule has 1 amide bonds. The number of nitrogens with one attached hydrogen (secondary N) is 1. The number of hydrogen-bond acceptors (Lipinski definition) is 6. The highest BCUT2D eigenvalue weighted by molar-refractivity contribution is 5.87. The first-order valence-corrected chi connectivity index (χ1v) is 11.9. The Kier molecular flexibility index (Phi) is 6.57. The molecule has 1 aromatic carbocycles. The predicted molar refractivity (Wildman–Crippen MR) is 135 cm³/mol. The van der Waals surface area contributed by atoms with Gasteiger partial charge in [-0.2, -0.15) is 5.26 Å². The molecule has 1 fully saturated rings. The van der Waals surface area contributed by atoms with Crippen LogP contribution in [0.25, 0.3) is 11.2 Å². The molecule has 0 aliphatic carbocycles. The highest BCUT2D eigenvalue weighted by Gasteiger charge is 2.27. The lowest BCUT2D eigenvalue weighted by Crippen LogP contribution is -2.49. The van der Waals surface area contributed by atoms with E-state index in [-0.39, 0.29) is 18.3 Å². The molecule has 2 aromatic heterocycles. The molecule has 4 rings (SSSR count). The zero-order valence-electron chi connectivity index (χ0n) is 21.0. The molecule has 1 N–H and O–H groups in total.